The minimum Gasteiger partial charge on any atom is -0.438 e. The normalized spacial score (nSPS) is 11.6. The number of hydrogen-bond acceptors (Lipinski definition) is 4. The van der Waals surface area contributed by atoms with Crippen molar-refractivity contribution in [2.75, 3.05) is 5.32 Å². The van der Waals surface area contributed by atoms with Crippen molar-refractivity contribution >= 4 is 44.3 Å². The molecule has 2 aromatic carbocycles. The average molecular weight is 448 g/mol. The highest BCUT2D eigenvalue weighted by atomic mass is 79.9. The van der Waals surface area contributed by atoms with Gasteiger partial charge < -0.3 is 9.73 Å². The molecule has 0 atom stereocenters. The van der Waals surface area contributed by atoms with Gasteiger partial charge >= 0.3 is 0 Å². The van der Waals surface area contributed by atoms with Crippen molar-refractivity contribution in [2.24, 2.45) is 4.99 Å². The number of carbonyl (C=O) groups is 1. The van der Waals surface area contributed by atoms with E-state index in [1.54, 1.807) is 24.4 Å². The van der Waals surface area contributed by atoms with Gasteiger partial charge in [-0.25, -0.2) is 9.98 Å². The second-order valence-electron chi connectivity index (χ2n) is 6.70. The molecular weight excluding hydrogens is 430 g/mol. The predicted octanol–water partition coefficient (Wildman–Crippen LogP) is 5.69. The van der Waals surface area contributed by atoms with E-state index in [9.17, 15) is 4.79 Å². The van der Waals surface area contributed by atoms with Crippen LogP contribution in [0.15, 0.2) is 80.7 Å². The summed E-state index contributed by atoms with van der Waals surface area (Å²) in [6.45, 7) is 4.07. The summed E-state index contributed by atoms with van der Waals surface area (Å²) >= 11 is 3.46. The summed E-state index contributed by atoms with van der Waals surface area (Å²) < 4.78 is 6.91. The maximum atomic E-state index is 13.0. The number of nitrogens with zero attached hydrogens (tertiary/aromatic N) is 2. The Labute approximate surface area is 176 Å². The van der Waals surface area contributed by atoms with Crippen molar-refractivity contribution < 1.29 is 9.21 Å². The Kier molecular flexibility index (Phi) is 5.27. The van der Waals surface area contributed by atoms with Gasteiger partial charge in [-0.3, -0.25) is 4.79 Å². The number of hydrogen-bond donors (Lipinski definition) is 1. The summed E-state index contributed by atoms with van der Waals surface area (Å²) in [7, 11) is 0. The molecule has 2 aromatic heterocycles. The molecule has 6 heteroatoms. The number of carbonyl (C=O) groups excluding carboxylic acids is 1. The molecule has 0 aliphatic heterocycles. The van der Waals surface area contributed by atoms with Gasteiger partial charge in [0.25, 0.3) is 5.91 Å². The molecule has 5 nitrogen and oxygen atoms in total. The highest BCUT2D eigenvalue weighted by molar-refractivity contribution is 9.10. The maximum absolute atomic E-state index is 13.0. The van der Waals surface area contributed by atoms with Gasteiger partial charge in [0.05, 0.1) is 5.69 Å². The zero-order valence-electron chi connectivity index (χ0n) is 15.9. The molecule has 0 aliphatic rings. The lowest BCUT2D eigenvalue weighted by atomic mass is 10.1. The quantitative estimate of drug-likeness (QED) is 0.438. The van der Waals surface area contributed by atoms with Crippen LogP contribution in [-0.4, -0.2) is 10.9 Å². The number of aromatic nitrogens is 1. The first kappa shape index (κ1) is 19.1. The molecule has 2 heterocycles. The molecule has 0 radical (unpaired) electrons. The number of rotatable bonds is 3. The van der Waals surface area contributed by atoms with Crippen molar-refractivity contribution in [1.29, 1.82) is 0 Å². The number of fused-ring (bicyclic) bond motifs is 1. The summed E-state index contributed by atoms with van der Waals surface area (Å²) in [5.41, 5.74) is 4.24. The van der Waals surface area contributed by atoms with E-state index in [1.807, 2.05) is 56.3 Å². The molecular formula is C23H18BrN3O2. The van der Waals surface area contributed by atoms with Crippen LogP contribution in [0.2, 0.25) is 0 Å². The average Bonchev–Trinajstić information content (AvgIpc) is 2.71. The number of nitrogens with one attached hydrogen (secondary N) is 1. The smallest absolute Gasteiger partial charge is 0.262 e. The minimum absolute atomic E-state index is 0.247. The number of aryl methyl sites for hydroxylation is 2. The molecule has 0 bridgehead atoms. The second-order valence-corrected chi connectivity index (χ2v) is 7.61. The van der Waals surface area contributed by atoms with Gasteiger partial charge in [0.2, 0.25) is 5.55 Å². The van der Waals surface area contributed by atoms with Gasteiger partial charge in [0.15, 0.2) is 0 Å². The fraction of sp³-hybridized carbons (Fsp3) is 0.0870. The third-order valence-electron chi connectivity index (χ3n) is 4.58. The van der Waals surface area contributed by atoms with Crippen molar-refractivity contribution in [3.8, 4) is 0 Å². The van der Waals surface area contributed by atoms with Crippen molar-refractivity contribution in [3.63, 3.8) is 0 Å². The van der Waals surface area contributed by atoms with Crippen LogP contribution in [0, 0.1) is 13.8 Å². The van der Waals surface area contributed by atoms with Crippen LogP contribution in [0.25, 0.3) is 11.0 Å². The third kappa shape index (κ3) is 4.27. The lowest BCUT2D eigenvalue weighted by molar-refractivity contribution is 0.102. The topological polar surface area (TPSA) is 67.5 Å². The summed E-state index contributed by atoms with van der Waals surface area (Å²) in [6.07, 6.45) is 1.62. The summed E-state index contributed by atoms with van der Waals surface area (Å²) in [6, 6.07) is 18.6. The molecule has 0 unspecified atom stereocenters. The Morgan fingerprint density at radius 2 is 1.90 bits per heavy atom. The zero-order chi connectivity index (χ0) is 20.4. The zero-order valence-corrected chi connectivity index (χ0v) is 17.5. The van der Waals surface area contributed by atoms with Crippen molar-refractivity contribution in [3.05, 3.63) is 93.6 Å². The van der Waals surface area contributed by atoms with Crippen LogP contribution >= 0.6 is 15.9 Å². The minimum atomic E-state index is -0.336. The van der Waals surface area contributed by atoms with Crippen molar-refractivity contribution in [1.82, 2.24) is 4.98 Å². The number of amides is 1. The van der Waals surface area contributed by atoms with Gasteiger partial charge in [-0.05, 0) is 73.5 Å². The van der Waals surface area contributed by atoms with E-state index in [1.165, 1.54) is 5.56 Å². The standard InChI is InChI=1S/C23H18BrN3O2/c1-14-6-8-18(11-15(14)2)26-23-19(22(28)27-21-5-3-4-10-25-21)13-16-12-17(24)7-9-20(16)29-23/h3-13H,1-2H3,(H,25,27,28). The fourth-order valence-electron chi connectivity index (χ4n) is 2.88. The Morgan fingerprint density at radius 1 is 1.03 bits per heavy atom. The van der Waals surface area contributed by atoms with Gasteiger partial charge in [-0.15, -0.1) is 0 Å². The molecule has 29 heavy (non-hydrogen) atoms. The predicted molar refractivity (Wildman–Crippen MR) is 117 cm³/mol. The molecule has 0 spiro atoms. The fourth-order valence-corrected chi connectivity index (χ4v) is 3.26. The Hall–Kier alpha value is -3.25. The first-order valence-corrected chi connectivity index (χ1v) is 9.87. The lowest BCUT2D eigenvalue weighted by Crippen LogP contribution is -2.22. The van der Waals surface area contributed by atoms with Crippen LogP contribution in [0.3, 0.4) is 0 Å². The van der Waals surface area contributed by atoms with Crippen LogP contribution in [0.4, 0.5) is 11.5 Å². The van der Waals surface area contributed by atoms with Crippen LogP contribution in [0.5, 0.6) is 0 Å². The van der Waals surface area contributed by atoms with E-state index in [0.717, 1.165) is 21.1 Å². The summed E-state index contributed by atoms with van der Waals surface area (Å²) in [5, 5.41) is 3.60. The molecule has 1 N–H and O–H groups in total. The third-order valence-corrected chi connectivity index (χ3v) is 5.07. The number of pyridine rings is 1. The summed E-state index contributed by atoms with van der Waals surface area (Å²) in [4.78, 5) is 21.8. The van der Waals surface area contributed by atoms with E-state index in [0.29, 0.717) is 17.0 Å². The molecule has 1 amide bonds. The van der Waals surface area contributed by atoms with E-state index >= 15 is 0 Å². The van der Waals surface area contributed by atoms with Crippen LogP contribution < -0.4 is 10.9 Å². The molecule has 0 fully saturated rings. The largest absolute Gasteiger partial charge is 0.438 e. The second kappa shape index (κ2) is 8.01. The molecule has 0 saturated heterocycles. The number of halogens is 1. The molecule has 0 aliphatic carbocycles. The number of benzene rings is 2. The number of anilines is 1. The molecule has 144 valence electrons. The van der Waals surface area contributed by atoms with Crippen molar-refractivity contribution in [2.45, 2.75) is 13.8 Å². The first-order chi connectivity index (χ1) is 14.0. The van der Waals surface area contributed by atoms with E-state index in [2.05, 4.69) is 31.2 Å². The van der Waals surface area contributed by atoms with Gasteiger partial charge in [-0.2, -0.15) is 0 Å². The molecule has 0 saturated carbocycles. The molecule has 4 aromatic rings. The Morgan fingerprint density at radius 3 is 2.66 bits per heavy atom. The van der Waals surface area contributed by atoms with E-state index in [-0.39, 0.29) is 11.5 Å². The first-order valence-electron chi connectivity index (χ1n) is 9.07. The maximum Gasteiger partial charge on any atom is 0.262 e. The SMILES string of the molecule is Cc1ccc(N=c2oc3ccc(Br)cc3cc2C(=O)Nc2ccccn2)cc1C. The molecule has 4 rings (SSSR count). The summed E-state index contributed by atoms with van der Waals surface area (Å²) in [5.74, 6) is 0.126. The monoisotopic (exact) mass is 447 g/mol. The van der Waals surface area contributed by atoms with E-state index < -0.39 is 0 Å². The van der Waals surface area contributed by atoms with Gasteiger partial charge in [0, 0.05) is 16.1 Å². The van der Waals surface area contributed by atoms with Crippen LogP contribution in [-0.2, 0) is 0 Å². The Bertz CT molecular complexity index is 1280. The lowest BCUT2D eigenvalue weighted by Gasteiger charge is -2.07. The van der Waals surface area contributed by atoms with Gasteiger partial charge in [-0.1, -0.05) is 28.1 Å². The Balaban J connectivity index is 1.87. The van der Waals surface area contributed by atoms with Gasteiger partial charge in [0.1, 0.15) is 17.0 Å². The highest BCUT2D eigenvalue weighted by Gasteiger charge is 2.14. The van der Waals surface area contributed by atoms with Crippen LogP contribution in [0.1, 0.15) is 21.5 Å². The van der Waals surface area contributed by atoms with E-state index in [4.69, 9.17) is 4.42 Å². The highest BCUT2D eigenvalue weighted by Crippen LogP contribution is 2.21.